The first-order valence-electron chi connectivity index (χ1n) is 16.7. The Balaban J connectivity index is 8.54. The second-order valence-electron chi connectivity index (χ2n) is 1.78. The van der Waals surface area contributed by atoms with Crippen molar-refractivity contribution in [3.8, 4) is 0 Å². The van der Waals surface area contributed by atoms with Gasteiger partial charge in [-0.2, -0.15) is 0 Å². The zero-order valence-electron chi connectivity index (χ0n) is 33.9. The average molecular weight is 353 g/mol. The molecule has 0 fully saturated rings. The van der Waals surface area contributed by atoms with Gasteiger partial charge in [0.05, 0.1) is 0 Å². The summed E-state index contributed by atoms with van der Waals surface area (Å²) < 4.78 is 197. The van der Waals surface area contributed by atoms with Crippen LogP contribution in [0.5, 0.6) is 0 Å². The zero-order valence-corrected chi connectivity index (χ0v) is 10.5. The van der Waals surface area contributed by atoms with Gasteiger partial charge < -0.3 is 0 Å². The van der Waals surface area contributed by atoms with Crippen LogP contribution in [0, 0.1) is 0 Å². The molecule has 0 aromatic carbocycles. The number of hydrogen-bond donors (Lipinski definition) is 0. The molecule has 0 aliphatic heterocycles. The average Bonchev–Trinajstić information content (AvgIpc) is 2.69. The summed E-state index contributed by atoms with van der Waals surface area (Å²) in [5, 5.41) is 0. The van der Waals surface area contributed by atoms with Crippen molar-refractivity contribution in [1.29, 1.82) is 0 Å². The van der Waals surface area contributed by atoms with Crippen LogP contribution in [0.15, 0.2) is 0 Å². The third-order valence-corrected chi connectivity index (χ3v) is 6.81. The van der Waals surface area contributed by atoms with Gasteiger partial charge in [-0.1, -0.05) is 0 Å². The summed E-state index contributed by atoms with van der Waals surface area (Å²) in [5.74, 6) is 0. The maximum absolute atomic E-state index is 8.71. The fourth-order valence-corrected chi connectivity index (χ4v) is 3.94. The molecule has 0 saturated heterocycles. The maximum atomic E-state index is 8.43. The Hall–Kier alpha value is 1.09. The molecule has 0 heterocycles. The van der Waals surface area contributed by atoms with E-state index in [2.05, 4.69) is 0 Å². The molecular formula is C12H27ClSn. The van der Waals surface area contributed by atoms with Gasteiger partial charge in [0.2, 0.25) is 0 Å². The van der Waals surface area contributed by atoms with Crippen molar-refractivity contribution in [2.75, 3.05) is 0 Å². The summed E-state index contributed by atoms with van der Waals surface area (Å²) in [6.07, 6.45) is -27.7. The van der Waals surface area contributed by atoms with Crippen molar-refractivity contribution in [2.45, 2.75) is 72.0 Å². The van der Waals surface area contributed by atoms with Gasteiger partial charge in [-0.05, 0) is 0 Å². The van der Waals surface area contributed by atoms with Crippen molar-refractivity contribution in [2.24, 2.45) is 0 Å². The number of hydrogen-bond acceptors (Lipinski definition) is 0. The summed E-state index contributed by atoms with van der Waals surface area (Å²) in [7, 11) is 6.25. The fraction of sp³-hybridized carbons (Fsp3) is 1.00. The molecule has 0 spiro atoms. The van der Waals surface area contributed by atoms with Crippen LogP contribution in [0.25, 0.3) is 0 Å². The van der Waals surface area contributed by atoms with Crippen LogP contribution in [-0.4, -0.2) is 17.3 Å². The molecule has 14 heavy (non-hydrogen) atoms. The molecule has 0 saturated carbocycles. The SMILES string of the molecule is [2H]C([2H])([2H])C([2H])([2H])C([2H])([2H])[C]([2H])([2H])[Sn]([Cl])([C]([2H])([2H])C([2H])([2H])C([2H])([2H])C([2H])([2H])[2H])[C]([2H])([2H])C([2H])([2H])C([2H])([2H])C([2H])([2H])[2H]. The topological polar surface area (TPSA) is 0 Å². The van der Waals surface area contributed by atoms with E-state index in [1.807, 2.05) is 0 Å². The quantitative estimate of drug-likeness (QED) is 0.476. The van der Waals surface area contributed by atoms with E-state index in [0.717, 1.165) is 0 Å². The summed E-state index contributed by atoms with van der Waals surface area (Å²) in [5.41, 5.74) is 0. The van der Waals surface area contributed by atoms with Gasteiger partial charge in [-0.15, -0.1) is 0 Å². The predicted octanol–water partition coefficient (Wildman–Crippen LogP) is 5.57. The molecule has 0 amide bonds. The summed E-state index contributed by atoms with van der Waals surface area (Å²) in [4.78, 5) is 0. The fourth-order valence-electron chi connectivity index (χ4n) is 0.446. The molecule has 86 valence electrons. The molecule has 0 aliphatic rings. The Kier molecular flexibility index (Phi) is 1.18. The van der Waals surface area contributed by atoms with Crippen LogP contribution in [0.1, 0.15) is 95.8 Å². The first-order valence-corrected chi connectivity index (χ1v) is 11.1. The van der Waals surface area contributed by atoms with Crippen molar-refractivity contribution in [3.63, 3.8) is 0 Å². The second-order valence-corrected chi connectivity index (χ2v) is 11.5. The van der Waals surface area contributed by atoms with Crippen LogP contribution >= 0.6 is 8.92 Å². The third kappa shape index (κ3) is 7.39. The third-order valence-electron chi connectivity index (χ3n) is 0.892. The molecule has 0 aliphatic carbocycles. The first-order chi connectivity index (χ1) is 17.0. The van der Waals surface area contributed by atoms with E-state index in [1.54, 1.807) is 0 Å². The van der Waals surface area contributed by atoms with Gasteiger partial charge in [0.25, 0.3) is 0 Å². The van der Waals surface area contributed by atoms with Crippen molar-refractivity contribution < 1.29 is 37.0 Å². The van der Waals surface area contributed by atoms with Crippen LogP contribution < -0.4 is 0 Å². The van der Waals surface area contributed by atoms with Crippen molar-refractivity contribution in [3.05, 3.63) is 0 Å². The summed E-state index contributed by atoms with van der Waals surface area (Å²) in [6, 6.07) is 0. The van der Waals surface area contributed by atoms with Gasteiger partial charge in [0.15, 0.2) is 0 Å². The van der Waals surface area contributed by atoms with Crippen molar-refractivity contribution in [1.82, 2.24) is 0 Å². The van der Waals surface area contributed by atoms with E-state index in [1.165, 1.54) is 0 Å². The molecule has 0 nitrogen and oxygen atoms in total. The monoisotopic (exact) mass is 353 g/mol. The van der Waals surface area contributed by atoms with E-state index in [-0.39, 0.29) is 0 Å². The molecule has 0 rings (SSSR count). The molecule has 0 bridgehead atoms. The van der Waals surface area contributed by atoms with Gasteiger partial charge in [0.1, 0.15) is 0 Å². The zero-order chi connectivity index (χ0) is 34.5. The van der Waals surface area contributed by atoms with Gasteiger partial charge in [-0.25, -0.2) is 0 Å². The molecule has 0 aromatic rings. The Labute approximate surface area is 136 Å². The van der Waals surface area contributed by atoms with Crippen LogP contribution in [-0.2, 0) is 0 Å². The van der Waals surface area contributed by atoms with E-state index >= 15 is 0 Å². The van der Waals surface area contributed by atoms with Gasteiger partial charge in [0, 0.05) is 0 Å². The summed E-state index contributed by atoms with van der Waals surface area (Å²) >= 11 is -8.71. The molecule has 2 heteroatoms. The van der Waals surface area contributed by atoms with Crippen molar-refractivity contribution >= 4 is 26.2 Å². The van der Waals surface area contributed by atoms with E-state index in [9.17, 15) is 0 Å². The standard InChI is InChI=1S/3C4H9.ClH.Sn/c3*1-3-4-2;;/h3*1,3-4H2,2H3;1H;/q;;;;+1/p-1/i3*1D2,2D3,3D2,4D2;;. The van der Waals surface area contributed by atoms with E-state index < -0.39 is 89.2 Å². The Morgan fingerprint density at radius 1 is 0.929 bits per heavy atom. The van der Waals surface area contributed by atoms with Gasteiger partial charge in [-0.3, -0.25) is 0 Å². The first kappa shape index (κ1) is 1.77. The Bertz CT molecular complexity index is 841. The molecule has 0 radical (unpaired) electrons. The van der Waals surface area contributed by atoms with Crippen LogP contribution in [0.2, 0.25) is 13.2 Å². The Morgan fingerprint density at radius 2 is 1.29 bits per heavy atom. The molecule has 0 aromatic heterocycles. The second kappa shape index (κ2) is 9.32. The van der Waals surface area contributed by atoms with Crippen LogP contribution in [0.4, 0.5) is 0 Å². The number of rotatable bonds is 9. The predicted molar refractivity (Wildman–Crippen MR) is 70.8 cm³/mol. The number of halogens is 1. The van der Waals surface area contributed by atoms with E-state index in [4.69, 9.17) is 45.9 Å². The molecular weight excluding hydrogens is 298 g/mol. The molecule has 0 atom stereocenters. The summed E-state index contributed by atoms with van der Waals surface area (Å²) in [6.45, 7) is -12.5. The Morgan fingerprint density at radius 3 is 1.57 bits per heavy atom. The minimum atomic E-state index is -8.71. The van der Waals surface area contributed by atoms with E-state index in [0.29, 0.717) is 0 Å². The van der Waals surface area contributed by atoms with Gasteiger partial charge >= 0.3 is 135 Å². The molecule has 0 N–H and O–H groups in total. The minimum absolute atomic E-state index is 4.16. The normalized spacial score (nSPS) is 52.5. The molecule has 0 unspecified atom stereocenters. The van der Waals surface area contributed by atoms with Crippen LogP contribution in [0.3, 0.4) is 0 Å².